The molecule has 19 heavy (non-hydrogen) atoms. The summed E-state index contributed by atoms with van der Waals surface area (Å²) < 4.78 is 0. The van der Waals surface area contributed by atoms with Gasteiger partial charge in [0, 0.05) is 23.5 Å². The zero-order valence-corrected chi connectivity index (χ0v) is 10.8. The number of anilines is 1. The van der Waals surface area contributed by atoms with Crippen LogP contribution in [0.5, 0.6) is 0 Å². The lowest BCUT2D eigenvalue weighted by Gasteiger charge is -2.10. The largest absolute Gasteiger partial charge is 0.379 e. The van der Waals surface area contributed by atoms with E-state index < -0.39 is 0 Å². The predicted molar refractivity (Wildman–Crippen MR) is 78.0 cm³/mol. The minimum atomic E-state index is 0.716. The molecule has 94 valence electrons. The van der Waals surface area contributed by atoms with Crippen LogP contribution in [0.1, 0.15) is 11.3 Å². The average Bonchev–Trinajstić information content (AvgIpc) is 2.48. The molecular weight excluding hydrogens is 234 g/mol. The van der Waals surface area contributed by atoms with Crippen LogP contribution in [0, 0.1) is 6.92 Å². The molecule has 1 N–H and O–H groups in total. The Kier molecular flexibility index (Phi) is 3.11. The molecule has 0 fully saturated rings. The van der Waals surface area contributed by atoms with Crippen molar-refractivity contribution in [2.75, 3.05) is 5.32 Å². The first-order valence-electron chi connectivity index (χ1n) is 6.33. The van der Waals surface area contributed by atoms with Gasteiger partial charge in [0.25, 0.3) is 0 Å². The summed E-state index contributed by atoms with van der Waals surface area (Å²) in [6.45, 7) is 2.80. The van der Waals surface area contributed by atoms with E-state index in [2.05, 4.69) is 40.4 Å². The Labute approximate surface area is 112 Å². The van der Waals surface area contributed by atoms with Crippen LogP contribution in [-0.2, 0) is 6.54 Å². The van der Waals surface area contributed by atoms with Gasteiger partial charge < -0.3 is 5.32 Å². The van der Waals surface area contributed by atoms with Crippen molar-refractivity contribution in [1.82, 2.24) is 9.97 Å². The number of fused-ring (bicyclic) bond motifs is 1. The van der Waals surface area contributed by atoms with E-state index in [0.717, 1.165) is 22.3 Å². The number of benzene rings is 1. The minimum absolute atomic E-state index is 0.716. The molecule has 0 atom stereocenters. The lowest BCUT2D eigenvalue weighted by Crippen LogP contribution is -2.02. The van der Waals surface area contributed by atoms with Gasteiger partial charge in [-0.3, -0.25) is 9.97 Å². The Morgan fingerprint density at radius 2 is 1.84 bits per heavy atom. The van der Waals surface area contributed by atoms with Gasteiger partial charge >= 0.3 is 0 Å². The summed E-state index contributed by atoms with van der Waals surface area (Å²) in [5.41, 5.74) is 4.37. The van der Waals surface area contributed by atoms with Gasteiger partial charge in [-0.2, -0.15) is 0 Å². The molecule has 3 aromatic rings. The molecule has 0 saturated heterocycles. The van der Waals surface area contributed by atoms with Crippen molar-refractivity contribution in [3.8, 4) is 0 Å². The fraction of sp³-hybridized carbons (Fsp3) is 0.125. The molecule has 1 aromatic carbocycles. The Bertz CT molecular complexity index is 693. The highest BCUT2D eigenvalue weighted by atomic mass is 14.9. The molecule has 3 rings (SSSR count). The molecule has 0 aliphatic carbocycles. The van der Waals surface area contributed by atoms with Crippen molar-refractivity contribution in [1.29, 1.82) is 0 Å². The van der Waals surface area contributed by atoms with Crippen LogP contribution in [0.3, 0.4) is 0 Å². The smallest absolute Gasteiger partial charge is 0.0751 e. The molecule has 0 bridgehead atoms. The third-order valence-electron chi connectivity index (χ3n) is 3.16. The van der Waals surface area contributed by atoms with E-state index >= 15 is 0 Å². The van der Waals surface area contributed by atoms with Crippen molar-refractivity contribution in [3.05, 3.63) is 66.1 Å². The molecular formula is C16H15N3. The number of nitrogens with one attached hydrogen (secondary N) is 1. The molecule has 0 aliphatic heterocycles. The van der Waals surface area contributed by atoms with Crippen molar-refractivity contribution < 1.29 is 0 Å². The number of hydrogen-bond donors (Lipinski definition) is 1. The summed E-state index contributed by atoms with van der Waals surface area (Å²) in [5, 5.41) is 4.58. The van der Waals surface area contributed by atoms with Crippen LogP contribution >= 0.6 is 0 Å². The molecule has 0 spiro atoms. The summed E-state index contributed by atoms with van der Waals surface area (Å²) in [7, 11) is 0. The van der Waals surface area contributed by atoms with Crippen molar-refractivity contribution in [2.45, 2.75) is 13.5 Å². The highest BCUT2D eigenvalue weighted by Crippen LogP contribution is 2.24. The Morgan fingerprint density at radius 1 is 0.947 bits per heavy atom. The average molecular weight is 249 g/mol. The summed E-state index contributed by atoms with van der Waals surface area (Å²) >= 11 is 0. The summed E-state index contributed by atoms with van der Waals surface area (Å²) in [6, 6.07) is 14.2. The van der Waals surface area contributed by atoms with E-state index in [1.807, 2.05) is 36.7 Å². The SMILES string of the molecule is Cc1ccc(NCc2ccccn2)c2cccnc12. The Hall–Kier alpha value is -2.42. The van der Waals surface area contributed by atoms with Gasteiger partial charge in [-0.15, -0.1) is 0 Å². The number of rotatable bonds is 3. The van der Waals surface area contributed by atoms with Gasteiger partial charge in [-0.25, -0.2) is 0 Å². The van der Waals surface area contributed by atoms with E-state index in [-0.39, 0.29) is 0 Å². The number of aryl methyl sites for hydroxylation is 1. The molecule has 0 aliphatic rings. The molecule has 0 unspecified atom stereocenters. The zero-order chi connectivity index (χ0) is 13.1. The maximum atomic E-state index is 4.44. The monoisotopic (exact) mass is 249 g/mol. The van der Waals surface area contributed by atoms with Crippen LogP contribution in [0.4, 0.5) is 5.69 Å². The summed E-state index contributed by atoms with van der Waals surface area (Å²) in [6.07, 6.45) is 3.64. The van der Waals surface area contributed by atoms with Gasteiger partial charge in [-0.05, 0) is 42.8 Å². The van der Waals surface area contributed by atoms with Gasteiger partial charge in [0.2, 0.25) is 0 Å². The first-order chi connectivity index (χ1) is 9.34. The first-order valence-corrected chi connectivity index (χ1v) is 6.33. The standard InChI is InChI=1S/C16H15N3/c1-12-7-8-15(14-6-4-10-18-16(12)14)19-11-13-5-2-3-9-17-13/h2-10,19H,11H2,1H3. The third kappa shape index (κ3) is 2.40. The number of pyridine rings is 2. The van der Waals surface area contributed by atoms with E-state index in [9.17, 15) is 0 Å². The van der Waals surface area contributed by atoms with Gasteiger partial charge in [0.1, 0.15) is 0 Å². The number of nitrogens with zero attached hydrogens (tertiary/aromatic N) is 2. The fourth-order valence-electron chi connectivity index (χ4n) is 2.16. The molecule has 2 aromatic heterocycles. The quantitative estimate of drug-likeness (QED) is 0.771. The van der Waals surface area contributed by atoms with Crippen molar-refractivity contribution in [2.24, 2.45) is 0 Å². The maximum absolute atomic E-state index is 4.44. The second kappa shape index (κ2) is 5.06. The van der Waals surface area contributed by atoms with Crippen LogP contribution in [0.15, 0.2) is 54.9 Å². The molecule has 3 nitrogen and oxygen atoms in total. The highest BCUT2D eigenvalue weighted by molar-refractivity contribution is 5.93. The van der Waals surface area contributed by atoms with Crippen molar-refractivity contribution in [3.63, 3.8) is 0 Å². The van der Waals surface area contributed by atoms with Gasteiger partial charge in [0.05, 0.1) is 17.8 Å². The third-order valence-corrected chi connectivity index (χ3v) is 3.16. The summed E-state index contributed by atoms with van der Waals surface area (Å²) in [5.74, 6) is 0. The van der Waals surface area contributed by atoms with Crippen LogP contribution in [0.2, 0.25) is 0 Å². The predicted octanol–water partition coefficient (Wildman–Crippen LogP) is 3.55. The lowest BCUT2D eigenvalue weighted by molar-refractivity contribution is 1.05. The maximum Gasteiger partial charge on any atom is 0.0751 e. The van der Waals surface area contributed by atoms with E-state index in [1.165, 1.54) is 5.56 Å². The Balaban J connectivity index is 1.91. The lowest BCUT2D eigenvalue weighted by atomic mass is 10.1. The molecule has 2 heterocycles. The van der Waals surface area contributed by atoms with Crippen LogP contribution in [0.25, 0.3) is 10.9 Å². The number of aromatic nitrogens is 2. The second-order valence-electron chi connectivity index (χ2n) is 4.50. The van der Waals surface area contributed by atoms with E-state index in [0.29, 0.717) is 6.54 Å². The fourth-order valence-corrected chi connectivity index (χ4v) is 2.16. The second-order valence-corrected chi connectivity index (χ2v) is 4.50. The van der Waals surface area contributed by atoms with Crippen molar-refractivity contribution >= 4 is 16.6 Å². The van der Waals surface area contributed by atoms with E-state index in [4.69, 9.17) is 0 Å². The van der Waals surface area contributed by atoms with Gasteiger partial charge in [0.15, 0.2) is 0 Å². The molecule has 0 amide bonds. The minimum Gasteiger partial charge on any atom is -0.379 e. The van der Waals surface area contributed by atoms with Gasteiger partial charge in [-0.1, -0.05) is 12.1 Å². The normalized spacial score (nSPS) is 10.6. The van der Waals surface area contributed by atoms with Crippen LogP contribution in [-0.4, -0.2) is 9.97 Å². The molecule has 0 radical (unpaired) electrons. The zero-order valence-electron chi connectivity index (χ0n) is 10.8. The summed E-state index contributed by atoms with van der Waals surface area (Å²) in [4.78, 5) is 8.75. The molecule has 3 heteroatoms. The highest BCUT2D eigenvalue weighted by Gasteiger charge is 2.04. The molecule has 0 saturated carbocycles. The van der Waals surface area contributed by atoms with E-state index in [1.54, 1.807) is 0 Å². The van der Waals surface area contributed by atoms with Crippen LogP contribution < -0.4 is 5.32 Å². The first kappa shape index (κ1) is 11.7. The number of hydrogen-bond acceptors (Lipinski definition) is 3. The topological polar surface area (TPSA) is 37.8 Å². The Morgan fingerprint density at radius 3 is 2.68 bits per heavy atom.